The van der Waals surface area contributed by atoms with Crippen molar-refractivity contribution in [2.75, 3.05) is 6.61 Å². The lowest BCUT2D eigenvalue weighted by Crippen LogP contribution is -2.62. The van der Waals surface area contributed by atoms with E-state index in [9.17, 15) is 19.8 Å². The average molecular weight is 537 g/mol. The molecule has 2 aliphatic rings. The predicted molar refractivity (Wildman–Crippen MR) is 145 cm³/mol. The van der Waals surface area contributed by atoms with Gasteiger partial charge in [-0.05, 0) is 85.5 Å². The van der Waals surface area contributed by atoms with E-state index in [4.69, 9.17) is 18.9 Å². The predicted octanol–water partition coefficient (Wildman–Crippen LogP) is 4.92. The van der Waals surface area contributed by atoms with Gasteiger partial charge in [-0.25, -0.2) is 0 Å². The molecule has 2 N–H and O–H groups in total. The molecule has 0 bridgehead atoms. The van der Waals surface area contributed by atoms with Gasteiger partial charge < -0.3 is 29.2 Å². The molecule has 0 saturated carbocycles. The fourth-order valence-electron chi connectivity index (χ4n) is 4.96. The summed E-state index contributed by atoms with van der Waals surface area (Å²) in [7, 11) is 0. The standard InChI is InChI=1S/C30H48O8/c1-19-10-8-12-20(2)14-16-24(17-15-21(3)13-9-11-19)30(6,7)38-29-27(34)26(33)28(36-23(5)32)25(37-29)18-35-22(4)31/h10,13-14,24-29,33-34H,8-9,11-12,15-18H2,1-7H3/b19-10+,20-14+,21-13+/t24?,25-,26-,27-,28-,29+/m1/s1. The van der Waals surface area contributed by atoms with Gasteiger partial charge in [0.15, 0.2) is 12.4 Å². The number of aliphatic hydroxyl groups is 2. The summed E-state index contributed by atoms with van der Waals surface area (Å²) >= 11 is 0. The first kappa shape index (κ1) is 32.2. The summed E-state index contributed by atoms with van der Waals surface area (Å²) < 4.78 is 22.6. The third-order valence-electron chi connectivity index (χ3n) is 7.50. The molecule has 8 nitrogen and oxygen atoms in total. The molecule has 1 fully saturated rings. The Morgan fingerprint density at radius 3 is 2.08 bits per heavy atom. The second-order valence-corrected chi connectivity index (χ2v) is 11.3. The molecule has 2 rings (SSSR count). The van der Waals surface area contributed by atoms with Crippen LogP contribution in [0.1, 0.15) is 93.4 Å². The molecule has 1 saturated heterocycles. The summed E-state index contributed by atoms with van der Waals surface area (Å²) in [5.74, 6) is -1.08. The first-order valence-corrected chi connectivity index (χ1v) is 13.8. The first-order valence-electron chi connectivity index (χ1n) is 13.8. The van der Waals surface area contributed by atoms with Gasteiger partial charge in [0.1, 0.15) is 24.9 Å². The van der Waals surface area contributed by atoms with E-state index in [-0.39, 0.29) is 12.5 Å². The Morgan fingerprint density at radius 1 is 0.921 bits per heavy atom. The van der Waals surface area contributed by atoms with E-state index in [2.05, 4.69) is 39.0 Å². The number of aliphatic hydroxyl groups excluding tert-OH is 2. The van der Waals surface area contributed by atoms with Crippen molar-refractivity contribution in [3.63, 3.8) is 0 Å². The Morgan fingerprint density at radius 2 is 1.50 bits per heavy atom. The SMILES string of the molecule is CC(=O)OC[C@H]1O[C@@H](OC(C)(C)C2C/C=C(\C)CC/C=C(\C)CC/C=C(\C)CC2)[C@H](O)[C@@H](O)[C@@H]1OC(C)=O. The maximum atomic E-state index is 11.6. The van der Waals surface area contributed by atoms with Crippen molar-refractivity contribution in [1.29, 1.82) is 0 Å². The van der Waals surface area contributed by atoms with Gasteiger partial charge in [-0.1, -0.05) is 34.9 Å². The van der Waals surface area contributed by atoms with Gasteiger partial charge in [0.25, 0.3) is 0 Å². The minimum absolute atomic E-state index is 0.104. The Bertz CT molecular complexity index is 887. The van der Waals surface area contributed by atoms with Crippen LogP contribution in [0.4, 0.5) is 0 Å². The molecule has 1 heterocycles. The molecule has 0 aromatic carbocycles. The summed E-state index contributed by atoms with van der Waals surface area (Å²) in [5.41, 5.74) is 3.37. The van der Waals surface area contributed by atoms with Gasteiger partial charge in [0.2, 0.25) is 0 Å². The fraction of sp³-hybridized carbons (Fsp3) is 0.733. The topological polar surface area (TPSA) is 112 Å². The summed E-state index contributed by atoms with van der Waals surface area (Å²) in [6.07, 6.45) is 7.33. The molecule has 1 aliphatic carbocycles. The van der Waals surface area contributed by atoms with E-state index < -0.39 is 48.2 Å². The van der Waals surface area contributed by atoms with Crippen LogP contribution in [0.5, 0.6) is 0 Å². The van der Waals surface area contributed by atoms with E-state index >= 15 is 0 Å². The first-order chi connectivity index (χ1) is 17.8. The molecule has 0 spiro atoms. The van der Waals surface area contributed by atoms with E-state index in [0.717, 1.165) is 44.9 Å². The summed E-state index contributed by atoms with van der Waals surface area (Å²) in [4.78, 5) is 23.0. The number of carbonyl (C=O) groups excluding carboxylic acids is 2. The third kappa shape index (κ3) is 10.3. The molecule has 0 amide bonds. The molecule has 1 unspecified atom stereocenters. The Labute approximate surface area is 228 Å². The number of carbonyl (C=O) groups is 2. The molecular weight excluding hydrogens is 488 g/mol. The van der Waals surface area contributed by atoms with Crippen LogP contribution in [0.25, 0.3) is 0 Å². The largest absolute Gasteiger partial charge is 0.463 e. The van der Waals surface area contributed by atoms with Gasteiger partial charge in [-0.2, -0.15) is 0 Å². The van der Waals surface area contributed by atoms with Crippen molar-refractivity contribution >= 4 is 11.9 Å². The van der Waals surface area contributed by atoms with Crippen LogP contribution < -0.4 is 0 Å². The van der Waals surface area contributed by atoms with Crippen LogP contribution in [-0.2, 0) is 28.5 Å². The van der Waals surface area contributed by atoms with Gasteiger partial charge in [0.05, 0.1) is 5.60 Å². The number of hydrogen-bond donors (Lipinski definition) is 2. The second kappa shape index (κ2) is 15.0. The van der Waals surface area contributed by atoms with Crippen molar-refractivity contribution in [3.05, 3.63) is 34.9 Å². The lowest BCUT2D eigenvalue weighted by atomic mass is 9.82. The van der Waals surface area contributed by atoms with Crippen LogP contribution in [0.3, 0.4) is 0 Å². The lowest BCUT2D eigenvalue weighted by molar-refractivity contribution is -0.329. The Balaban J connectivity index is 2.24. The zero-order chi connectivity index (χ0) is 28.5. The smallest absolute Gasteiger partial charge is 0.303 e. The highest BCUT2D eigenvalue weighted by molar-refractivity contribution is 5.66. The molecule has 0 aromatic heterocycles. The van der Waals surface area contributed by atoms with Crippen LogP contribution in [0.2, 0.25) is 0 Å². The zero-order valence-corrected chi connectivity index (χ0v) is 24.2. The van der Waals surface area contributed by atoms with Crippen molar-refractivity contribution in [3.8, 4) is 0 Å². The zero-order valence-electron chi connectivity index (χ0n) is 24.2. The minimum atomic E-state index is -1.47. The highest BCUT2D eigenvalue weighted by atomic mass is 16.7. The fourth-order valence-corrected chi connectivity index (χ4v) is 4.96. The van der Waals surface area contributed by atoms with Crippen LogP contribution in [-0.4, -0.2) is 65.1 Å². The minimum Gasteiger partial charge on any atom is -0.463 e. The summed E-state index contributed by atoms with van der Waals surface area (Å²) in [6.45, 7) is 12.7. The van der Waals surface area contributed by atoms with Crippen LogP contribution in [0, 0.1) is 5.92 Å². The molecule has 216 valence electrons. The number of allylic oxidation sites excluding steroid dienone is 6. The monoisotopic (exact) mass is 536 g/mol. The van der Waals surface area contributed by atoms with Crippen LogP contribution in [0.15, 0.2) is 34.9 Å². The molecule has 6 atom stereocenters. The maximum Gasteiger partial charge on any atom is 0.303 e. The normalized spacial score (nSPS) is 34.4. The molecule has 8 heteroatoms. The molecule has 0 radical (unpaired) electrons. The average Bonchev–Trinajstić information content (AvgIpc) is 2.81. The van der Waals surface area contributed by atoms with E-state index in [1.807, 2.05) is 13.8 Å². The van der Waals surface area contributed by atoms with Gasteiger partial charge in [-0.3, -0.25) is 9.59 Å². The third-order valence-corrected chi connectivity index (χ3v) is 7.50. The van der Waals surface area contributed by atoms with Crippen molar-refractivity contribution in [1.82, 2.24) is 0 Å². The number of ether oxygens (including phenoxy) is 4. The highest BCUT2D eigenvalue weighted by Crippen LogP contribution is 2.35. The van der Waals surface area contributed by atoms with Crippen LogP contribution >= 0.6 is 0 Å². The number of hydrogen-bond acceptors (Lipinski definition) is 8. The molecular formula is C30H48O8. The van der Waals surface area contributed by atoms with Gasteiger partial charge in [-0.15, -0.1) is 0 Å². The van der Waals surface area contributed by atoms with Crippen molar-refractivity contribution in [2.45, 2.75) is 130 Å². The van der Waals surface area contributed by atoms with Crippen molar-refractivity contribution < 1.29 is 38.7 Å². The van der Waals surface area contributed by atoms with Gasteiger partial charge >= 0.3 is 11.9 Å². The summed E-state index contributed by atoms with van der Waals surface area (Å²) in [5, 5.41) is 21.7. The summed E-state index contributed by atoms with van der Waals surface area (Å²) in [6, 6.07) is 0. The van der Waals surface area contributed by atoms with Crippen molar-refractivity contribution in [2.24, 2.45) is 5.92 Å². The number of rotatable bonds is 6. The Kier molecular flexibility index (Phi) is 12.7. The Hall–Kier alpha value is -2.00. The molecule has 38 heavy (non-hydrogen) atoms. The molecule has 1 aliphatic heterocycles. The highest BCUT2D eigenvalue weighted by Gasteiger charge is 2.49. The maximum absolute atomic E-state index is 11.6. The number of esters is 2. The second-order valence-electron chi connectivity index (χ2n) is 11.3. The van der Waals surface area contributed by atoms with Gasteiger partial charge in [0, 0.05) is 13.8 Å². The lowest BCUT2D eigenvalue weighted by Gasteiger charge is -2.45. The molecule has 0 aromatic rings. The van der Waals surface area contributed by atoms with E-state index in [0.29, 0.717) is 0 Å². The van der Waals surface area contributed by atoms with E-state index in [1.54, 1.807) is 0 Å². The van der Waals surface area contributed by atoms with E-state index in [1.165, 1.54) is 30.6 Å². The quantitative estimate of drug-likeness (QED) is 0.363.